The molecule has 8 heteroatoms. The molecule has 156 valence electrons. The SMILES string of the molecule is O=C(c1cccnc1)N(Cc1csc(N2CCC(CO)CC2)n1)c1ccc(F)cc1. The molecule has 1 amide bonds. The van der Waals surface area contributed by atoms with Gasteiger partial charge >= 0.3 is 0 Å². The lowest BCUT2D eigenvalue weighted by Crippen LogP contribution is -2.34. The fourth-order valence-electron chi connectivity index (χ4n) is 3.53. The molecule has 1 aliphatic rings. The number of hydrogen-bond donors (Lipinski definition) is 1. The Kier molecular flexibility index (Phi) is 6.35. The molecule has 0 aliphatic carbocycles. The van der Waals surface area contributed by atoms with Crippen LogP contribution in [0.3, 0.4) is 0 Å². The third-order valence-electron chi connectivity index (χ3n) is 5.29. The molecule has 6 nitrogen and oxygen atoms in total. The van der Waals surface area contributed by atoms with Crippen LogP contribution in [-0.2, 0) is 6.54 Å². The van der Waals surface area contributed by atoms with E-state index in [1.165, 1.54) is 18.3 Å². The normalized spacial score (nSPS) is 14.7. The van der Waals surface area contributed by atoms with E-state index in [0.717, 1.165) is 36.8 Å². The second kappa shape index (κ2) is 9.32. The highest BCUT2D eigenvalue weighted by Crippen LogP contribution is 2.28. The van der Waals surface area contributed by atoms with Crippen LogP contribution in [0.15, 0.2) is 54.2 Å². The van der Waals surface area contributed by atoms with E-state index >= 15 is 0 Å². The van der Waals surface area contributed by atoms with E-state index in [1.807, 2.05) is 5.38 Å². The molecule has 1 aliphatic heterocycles. The van der Waals surface area contributed by atoms with Crippen molar-refractivity contribution in [3.8, 4) is 0 Å². The smallest absolute Gasteiger partial charge is 0.260 e. The van der Waals surface area contributed by atoms with E-state index in [1.54, 1.807) is 46.7 Å². The number of carbonyl (C=O) groups is 1. The lowest BCUT2D eigenvalue weighted by molar-refractivity contribution is 0.0984. The summed E-state index contributed by atoms with van der Waals surface area (Å²) in [5.74, 6) is -0.200. The Morgan fingerprint density at radius 1 is 1.23 bits per heavy atom. The summed E-state index contributed by atoms with van der Waals surface area (Å²) in [4.78, 5) is 25.7. The quantitative estimate of drug-likeness (QED) is 0.650. The predicted molar refractivity (Wildman–Crippen MR) is 115 cm³/mol. The van der Waals surface area contributed by atoms with Crippen molar-refractivity contribution in [2.45, 2.75) is 19.4 Å². The third-order valence-corrected chi connectivity index (χ3v) is 6.25. The maximum absolute atomic E-state index is 13.4. The monoisotopic (exact) mass is 426 g/mol. The molecular formula is C22H23FN4O2S. The van der Waals surface area contributed by atoms with Crippen LogP contribution < -0.4 is 9.80 Å². The van der Waals surface area contributed by atoms with Crippen molar-refractivity contribution < 1.29 is 14.3 Å². The van der Waals surface area contributed by atoms with Crippen LogP contribution >= 0.6 is 11.3 Å². The number of nitrogens with zero attached hydrogens (tertiary/aromatic N) is 4. The highest BCUT2D eigenvalue weighted by molar-refractivity contribution is 7.13. The number of hydrogen-bond acceptors (Lipinski definition) is 6. The zero-order valence-corrected chi connectivity index (χ0v) is 17.3. The average molecular weight is 427 g/mol. The molecule has 4 rings (SSSR count). The number of piperidine rings is 1. The minimum Gasteiger partial charge on any atom is -0.396 e. The molecule has 1 N–H and O–H groups in total. The fraction of sp³-hybridized carbons (Fsp3) is 0.318. The van der Waals surface area contributed by atoms with Gasteiger partial charge in [-0.05, 0) is 55.2 Å². The second-order valence-electron chi connectivity index (χ2n) is 7.34. The molecule has 2 aromatic heterocycles. The van der Waals surface area contributed by atoms with Gasteiger partial charge in [0.15, 0.2) is 5.13 Å². The first-order valence-electron chi connectivity index (χ1n) is 9.91. The summed E-state index contributed by atoms with van der Waals surface area (Å²) in [6.07, 6.45) is 5.04. The van der Waals surface area contributed by atoms with Gasteiger partial charge in [0.2, 0.25) is 0 Å². The summed E-state index contributed by atoms with van der Waals surface area (Å²) in [6, 6.07) is 9.30. The van der Waals surface area contributed by atoms with Crippen LogP contribution in [0, 0.1) is 11.7 Å². The number of rotatable bonds is 6. The highest BCUT2D eigenvalue weighted by atomic mass is 32.1. The van der Waals surface area contributed by atoms with Gasteiger partial charge in [0, 0.05) is 43.2 Å². The van der Waals surface area contributed by atoms with Crippen molar-refractivity contribution in [3.05, 3.63) is 71.2 Å². The van der Waals surface area contributed by atoms with Gasteiger partial charge in [-0.2, -0.15) is 0 Å². The van der Waals surface area contributed by atoms with Crippen molar-refractivity contribution in [2.75, 3.05) is 29.5 Å². The van der Waals surface area contributed by atoms with E-state index in [0.29, 0.717) is 17.2 Å². The summed E-state index contributed by atoms with van der Waals surface area (Å²) < 4.78 is 13.4. The van der Waals surface area contributed by atoms with Crippen LogP contribution in [0.4, 0.5) is 15.2 Å². The third kappa shape index (κ3) is 4.66. The predicted octanol–water partition coefficient (Wildman–Crippen LogP) is 3.73. The first-order valence-corrected chi connectivity index (χ1v) is 10.8. The van der Waals surface area contributed by atoms with Crippen molar-refractivity contribution in [1.29, 1.82) is 0 Å². The van der Waals surface area contributed by atoms with Gasteiger partial charge < -0.3 is 14.9 Å². The van der Waals surface area contributed by atoms with Crippen LogP contribution in [-0.4, -0.2) is 40.7 Å². The molecule has 1 saturated heterocycles. The Labute approximate surface area is 178 Å². The Hall–Kier alpha value is -2.84. The fourth-order valence-corrected chi connectivity index (χ4v) is 4.40. The molecule has 0 spiro atoms. The zero-order chi connectivity index (χ0) is 20.9. The number of aliphatic hydroxyl groups excluding tert-OH is 1. The number of carbonyl (C=O) groups excluding carboxylic acids is 1. The number of halogens is 1. The standard InChI is InChI=1S/C22H23FN4O2S/c23-18-3-5-20(6-4-18)27(21(29)17-2-1-9-24-12-17)13-19-15-30-22(25-19)26-10-7-16(14-28)8-11-26/h1-6,9,12,15-16,28H,7-8,10-11,13-14H2. The molecule has 0 atom stereocenters. The Morgan fingerprint density at radius 3 is 2.67 bits per heavy atom. The number of aromatic nitrogens is 2. The van der Waals surface area contributed by atoms with Gasteiger partial charge in [-0.15, -0.1) is 11.3 Å². The largest absolute Gasteiger partial charge is 0.396 e. The van der Waals surface area contributed by atoms with Gasteiger partial charge in [-0.3, -0.25) is 9.78 Å². The van der Waals surface area contributed by atoms with Gasteiger partial charge in [-0.1, -0.05) is 0 Å². The van der Waals surface area contributed by atoms with E-state index < -0.39 is 0 Å². The van der Waals surface area contributed by atoms with E-state index in [9.17, 15) is 14.3 Å². The molecule has 1 aromatic carbocycles. The Balaban J connectivity index is 1.54. The minimum absolute atomic E-state index is 0.215. The molecule has 30 heavy (non-hydrogen) atoms. The zero-order valence-electron chi connectivity index (χ0n) is 16.4. The molecule has 0 saturated carbocycles. The summed E-state index contributed by atoms with van der Waals surface area (Å²) in [6.45, 7) is 2.26. The molecule has 3 aromatic rings. The number of pyridine rings is 1. The van der Waals surface area contributed by atoms with Gasteiger partial charge in [0.25, 0.3) is 5.91 Å². The number of amides is 1. The van der Waals surface area contributed by atoms with Crippen molar-refractivity contribution in [2.24, 2.45) is 5.92 Å². The van der Waals surface area contributed by atoms with Crippen molar-refractivity contribution in [1.82, 2.24) is 9.97 Å². The summed E-state index contributed by atoms with van der Waals surface area (Å²) in [5, 5.41) is 12.2. The second-order valence-corrected chi connectivity index (χ2v) is 8.18. The van der Waals surface area contributed by atoms with Gasteiger partial charge in [-0.25, -0.2) is 9.37 Å². The molecule has 0 unspecified atom stereocenters. The number of benzene rings is 1. The van der Waals surface area contributed by atoms with Crippen molar-refractivity contribution >= 4 is 28.1 Å². The molecule has 0 bridgehead atoms. The van der Waals surface area contributed by atoms with E-state index in [4.69, 9.17) is 4.98 Å². The Bertz CT molecular complexity index is 972. The van der Waals surface area contributed by atoms with Crippen molar-refractivity contribution in [3.63, 3.8) is 0 Å². The highest BCUT2D eigenvalue weighted by Gasteiger charge is 2.23. The molecular weight excluding hydrogens is 403 g/mol. The lowest BCUT2D eigenvalue weighted by atomic mass is 9.98. The topological polar surface area (TPSA) is 69.6 Å². The first kappa shape index (κ1) is 20.4. The molecule has 0 radical (unpaired) electrons. The maximum Gasteiger partial charge on any atom is 0.260 e. The lowest BCUT2D eigenvalue weighted by Gasteiger charge is -2.30. The summed E-state index contributed by atoms with van der Waals surface area (Å²) in [5.41, 5.74) is 1.84. The number of aliphatic hydroxyl groups is 1. The first-order chi connectivity index (χ1) is 14.6. The van der Waals surface area contributed by atoms with Crippen LogP contribution in [0.25, 0.3) is 0 Å². The summed E-state index contributed by atoms with van der Waals surface area (Å²) >= 11 is 1.55. The van der Waals surface area contributed by atoms with Crippen LogP contribution in [0.5, 0.6) is 0 Å². The van der Waals surface area contributed by atoms with Crippen LogP contribution in [0.2, 0.25) is 0 Å². The van der Waals surface area contributed by atoms with Gasteiger partial charge in [0.1, 0.15) is 5.82 Å². The van der Waals surface area contributed by atoms with Crippen LogP contribution in [0.1, 0.15) is 28.9 Å². The molecule has 1 fully saturated rings. The minimum atomic E-state index is -0.352. The maximum atomic E-state index is 13.4. The van der Waals surface area contributed by atoms with Gasteiger partial charge in [0.05, 0.1) is 17.8 Å². The Morgan fingerprint density at radius 2 is 2.00 bits per heavy atom. The van der Waals surface area contributed by atoms with E-state index in [2.05, 4.69) is 9.88 Å². The summed E-state index contributed by atoms with van der Waals surface area (Å²) in [7, 11) is 0. The van der Waals surface area contributed by atoms with E-state index in [-0.39, 0.29) is 24.9 Å². The number of anilines is 2. The average Bonchev–Trinajstić information content (AvgIpc) is 3.27. The number of thiazole rings is 1. The molecule has 3 heterocycles.